The predicted octanol–water partition coefficient (Wildman–Crippen LogP) is 1.35. The van der Waals surface area contributed by atoms with Gasteiger partial charge < -0.3 is 4.74 Å². The maximum atomic E-state index is 11.0. The topological polar surface area (TPSA) is 44.1 Å². The largest absolute Gasteiger partial charge is 0.468 e. The zero-order valence-electron chi connectivity index (χ0n) is 9.07. The number of hydrogen-bond acceptors (Lipinski definition) is 3. The molecule has 0 aromatic carbocycles. The highest BCUT2D eigenvalue weighted by atomic mass is 16.5. The molecule has 0 N–H and O–H groups in total. The summed E-state index contributed by atoms with van der Waals surface area (Å²) >= 11 is 0. The first-order chi connectivity index (χ1) is 6.43. The van der Waals surface area contributed by atoms with E-state index in [1.807, 2.05) is 6.07 Å². The van der Waals surface area contributed by atoms with Crippen molar-refractivity contribution < 1.29 is 9.53 Å². The summed E-state index contributed by atoms with van der Waals surface area (Å²) in [6.07, 6.45) is 1.79. The third kappa shape index (κ3) is 2.58. The first-order valence-corrected chi connectivity index (χ1v) is 4.54. The van der Waals surface area contributed by atoms with Crippen LogP contribution >= 0.6 is 0 Å². The predicted molar refractivity (Wildman–Crippen MR) is 52.9 cm³/mol. The molecule has 0 aliphatic rings. The van der Waals surface area contributed by atoms with Crippen LogP contribution in [0.1, 0.15) is 26.5 Å². The third-order valence-corrected chi connectivity index (χ3v) is 1.93. The molecule has 4 nitrogen and oxygen atoms in total. The Bertz CT molecular complexity index is 323. The van der Waals surface area contributed by atoms with Gasteiger partial charge in [0.25, 0.3) is 0 Å². The van der Waals surface area contributed by atoms with Crippen LogP contribution in [0.3, 0.4) is 0 Å². The van der Waals surface area contributed by atoms with Crippen molar-refractivity contribution in [2.24, 2.45) is 0 Å². The zero-order chi connectivity index (χ0) is 10.8. The molecule has 0 aliphatic carbocycles. The monoisotopic (exact) mass is 196 g/mol. The zero-order valence-corrected chi connectivity index (χ0v) is 9.07. The average Bonchev–Trinajstić information content (AvgIpc) is 2.51. The summed E-state index contributed by atoms with van der Waals surface area (Å²) in [6.45, 7) is 6.42. The number of methoxy groups -OCH3 is 1. The summed E-state index contributed by atoms with van der Waals surface area (Å²) < 4.78 is 6.14. The second-order valence-corrected chi connectivity index (χ2v) is 4.22. The van der Waals surface area contributed by atoms with Crippen LogP contribution in [0.2, 0.25) is 0 Å². The number of ether oxygens (including phenoxy) is 1. The summed E-state index contributed by atoms with van der Waals surface area (Å²) in [7, 11) is 1.37. The Morgan fingerprint density at radius 1 is 1.57 bits per heavy atom. The molecule has 0 bridgehead atoms. The standard InChI is InChI=1S/C10H16N2O2/c1-10(2,3)8-5-6-12(11-8)7-9(13)14-4/h5-6H,7H2,1-4H3. The summed E-state index contributed by atoms with van der Waals surface area (Å²) in [5.41, 5.74) is 0.989. The van der Waals surface area contributed by atoms with E-state index in [9.17, 15) is 4.79 Å². The van der Waals surface area contributed by atoms with Crippen molar-refractivity contribution in [1.82, 2.24) is 9.78 Å². The minimum absolute atomic E-state index is 0.0152. The SMILES string of the molecule is COC(=O)Cn1ccc(C(C)(C)C)n1. The van der Waals surface area contributed by atoms with Crippen LogP contribution in [-0.2, 0) is 21.5 Å². The molecule has 1 heterocycles. The Morgan fingerprint density at radius 3 is 2.64 bits per heavy atom. The van der Waals surface area contributed by atoms with Crippen LogP contribution in [-0.4, -0.2) is 22.9 Å². The van der Waals surface area contributed by atoms with Gasteiger partial charge >= 0.3 is 5.97 Å². The van der Waals surface area contributed by atoms with Gasteiger partial charge in [0.05, 0.1) is 12.8 Å². The maximum absolute atomic E-state index is 11.0. The van der Waals surface area contributed by atoms with Crippen molar-refractivity contribution in [3.8, 4) is 0 Å². The van der Waals surface area contributed by atoms with Crippen molar-refractivity contribution in [3.63, 3.8) is 0 Å². The molecule has 0 saturated carbocycles. The van der Waals surface area contributed by atoms with Crippen LogP contribution in [0.25, 0.3) is 0 Å². The molecule has 0 fully saturated rings. The molecule has 1 rings (SSSR count). The van der Waals surface area contributed by atoms with E-state index in [1.165, 1.54) is 7.11 Å². The van der Waals surface area contributed by atoms with Gasteiger partial charge in [0, 0.05) is 11.6 Å². The highest BCUT2D eigenvalue weighted by Crippen LogP contribution is 2.19. The fraction of sp³-hybridized carbons (Fsp3) is 0.600. The Kier molecular flexibility index (Phi) is 2.93. The van der Waals surface area contributed by atoms with Crippen LogP contribution < -0.4 is 0 Å². The van der Waals surface area contributed by atoms with E-state index in [0.717, 1.165) is 5.69 Å². The molecule has 0 unspecified atom stereocenters. The fourth-order valence-corrected chi connectivity index (χ4v) is 1.05. The molecule has 0 amide bonds. The van der Waals surface area contributed by atoms with Gasteiger partial charge in [0.15, 0.2) is 0 Å². The molecule has 0 saturated heterocycles. The Morgan fingerprint density at radius 2 is 2.21 bits per heavy atom. The Labute approximate surface area is 83.9 Å². The molecular formula is C10H16N2O2. The van der Waals surface area contributed by atoms with Crippen LogP contribution in [0.4, 0.5) is 0 Å². The lowest BCUT2D eigenvalue weighted by molar-refractivity contribution is -0.141. The van der Waals surface area contributed by atoms with Gasteiger partial charge in [0.1, 0.15) is 6.54 Å². The summed E-state index contributed by atoms with van der Waals surface area (Å²) in [5.74, 6) is -0.284. The first-order valence-electron chi connectivity index (χ1n) is 4.54. The minimum atomic E-state index is -0.284. The molecule has 4 heteroatoms. The van der Waals surface area contributed by atoms with Gasteiger partial charge in [-0.2, -0.15) is 5.10 Å². The highest BCUT2D eigenvalue weighted by Gasteiger charge is 2.17. The lowest BCUT2D eigenvalue weighted by atomic mass is 9.93. The number of esters is 1. The molecular weight excluding hydrogens is 180 g/mol. The van der Waals surface area contributed by atoms with Gasteiger partial charge in [-0.3, -0.25) is 9.48 Å². The fourth-order valence-electron chi connectivity index (χ4n) is 1.05. The molecule has 0 atom stereocenters. The van der Waals surface area contributed by atoms with E-state index < -0.39 is 0 Å². The molecule has 14 heavy (non-hydrogen) atoms. The molecule has 0 radical (unpaired) electrons. The van der Waals surface area contributed by atoms with Crippen LogP contribution in [0.15, 0.2) is 12.3 Å². The second kappa shape index (κ2) is 3.82. The van der Waals surface area contributed by atoms with Crippen molar-refractivity contribution in [2.45, 2.75) is 32.7 Å². The summed E-state index contributed by atoms with van der Waals surface area (Å²) in [5, 5.41) is 4.29. The van der Waals surface area contributed by atoms with Crippen LogP contribution in [0.5, 0.6) is 0 Å². The molecule has 1 aromatic heterocycles. The molecule has 0 spiro atoms. The van der Waals surface area contributed by atoms with Crippen molar-refractivity contribution in [3.05, 3.63) is 18.0 Å². The molecule has 78 valence electrons. The van der Waals surface area contributed by atoms with E-state index in [4.69, 9.17) is 0 Å². The number of carbonyl (C=O) groups excluding carboxylic acids is 1. The molecule has 0 aliphatic heterocycles. The number of carbonyl (C=O) groups is 1. The Balaban J connectivity index is 2.74. The van der Waals surface area contributed by atoms with Gasteiger partial charge in [0.2, 0.25) is 0 Å². The first kappa shape index (κ1) is 10.8. The van der Waals surface area contributed by atoms with E-state index in [-0.39, 0.29) is 17.9 Å². The van der Waals surface area contributed by atoms with E-state index in [1.54, 1.807) is 10.9 Å². The maximum Gasteiger partial charge on any atom is 0.327 e. The number of aromatic nitrogens is 2. The summed E-state index contributed by atoms with van der Waals surface area (Å²) in [4.78, 5) is 11.0. The number of rotatable bonds is 2. The third-order valence-electron chi connectivity index (χ3n) is 1.93. The lowest BCUT2D eigenvalue weighted by Crippen LogP contribution is -2.15. The number of nitrogens with zero attached hydrogens (tertiary/aromatic N) is 2. The number of hydrogen-bond donors (Lipinski definition) is 0. The van der Waals surface area contributed by atoms with Gasteiger partial charge in [-0.25, -0.2) is 0 Å². The summed E-state index contributed by atoms with van der Waals surface area (Å²) in [6, 6.07) is 1.92. The van der Waals surface area contributed by atoms with E-state index in [0.29, 0.717) is 0 Å². The quantitative estimate of drug-likeness (QED) is 0.671. The van der Waals surface area contributed by atoms with Crippen molar-refractivity contribution >= 4 is 5.97 Å². The van der Waals surface area contributed by atoms with Crippen LogP contribution in [0, 0.1) is 0 Å². The smallest absolute Gasteiger partial charge is 0.327 e. The normalized spacial score (nSPS) is 11.4. The van der Waals surface area contributed by atoms with E-state index in [2.05, 4.69) is 30.6 Å². The van der Waals surface area contributed by atoms with E-state index >= 15 is 0 Å². The lowest BCUT2D eigenvalue weighted by Gasteiger charge is -2.14. The van der Waals surface area contributed by atoms with Gasteiger partial charge in [-0.15, -0.1) is 0 Å². The second-order valence-electron chi connectivity index (χ2n) is 4.22. The van der Waals surface area contributed by atoms with Gasteiger partial charge in [-0.05, 0) is 6.07 Å². The van der Waals surface area contributed by atoms with Crippen molar-refractivity contribution in [2.75, 3.05) is 7.11 Å². The average molecular weight is 196 g/mol. The Hall–Kier alpha value is -1.32. The minimum Gasteiger partial charge on any atom is -0.468 e. The van der Waals surface area contributed by atoms with Crippen molar-refractivity contribution in [1.29, 1.82) is 0 Å². The molecule has 1 aromatic rings. The highest BCUT2D eigenvalue weighted by molar-refractivity contribution is 5.68. The van der Waals surface area contributed by atoms with Gasteiger partial charge in [-0.1, -0.05) is 20.8 Å².